The van der Waals surface area contributed by atoms with Crippen LogP contribution in [0.4, 0.5) is 0 Å². The molecule has 0 aromatic rings. The van der Waals surface area contributed by atoms with Crippen LogP contribution >= 0.6 is 0 Å². The zero-order valence-electron chi connectivity index (χ0n) is 10.1. The Morgan fingerprint density at radius 2 is 2.25 bits per heavy atom. The molecule has 2 nitrogen and oxygen atoms in total. The molecule has 0 N–H and O–H groups in total. The minimum Gasteiger partial charge on any atom is -0.462 e. The number of carbonyl (C=O) groups excluding carboxylic acids is 1. The first-order chi connectivity index (χ1) is 7.58. The third-order valence-electron chi connectivity index (χ3n) is 3.89. The fourth-order valence-electron chi connectivity index (χ4n) is 2.93. The first-order valence-electron chi connectivity index (χ1n) is 6.09. The number of ether oxygens (including phenoxy) is 1. The lowest BCUT2D eigenvalue weighted by Crippen LogP contribution is -2.22. The molecule has 2 aliphatic carbocycles. The predicted octanol–water partition coefficient (Wildman–Crippen LogP) is 2.95. The van der Waals surface area contributed by atoms with Crippen LogP contribution in [0.2, 0.25) is 0 Å². The van der Waals surface area contributed by atoms with Gasteiger partial charge < -0.3 is 4.74 Å². The Morgan fingerprint density at radius 1 is 1.50 bits per heavy atom. The van der Waals surface area contributed by atoms with Crippen molar-refractivity contribution in [1.82, 2.24) is 0 Å². The second kappa shape index (κ2) is 4.44. The van der Waals surface area contributed by atoms with Gasteiger partial charge in [-0.1, -0.05) is 25.7 Å². The second-order valence-electron chi connectivity index (χ2n) is 5.30. The van der Waals surface area contributed by atoms with E-state index in [1.165, 1.54) is 12.8 Å². The van der Waals surface area contributed by atoms with Crippen LogP contribution in [0.25, 0.3) is 0 Å². The Kier molecular flexibility index (Phi) is 3.17. The predicted molar refractivity (Wildman–Crippen MR) is 63.8 cm³/mol. The Bertz CT molecular complexity index is 330. The van der Waals surface area contributed by atoms with Crippen molar-refractivity contribution in [1.29, 1.82) is 0 Å². The zero-order chi connectivity index (χ0) is 11.7. The highest BCUT2D eigenvalue weighted by atomic mass is 16.5. The Labute approximate surface area is 97.4 Å². The van der Waals surface area contributed by atoms with Crippen molar-refractivity contribution in [3.05, 3.63) is 24.3 Å². The summed E-state index contributed by atoms with van der Waals surface area (Å²) < 4.78 is 5.22. The summed E-state index contributed by atoms with van der Waals surface area (Å²) in [7, 11) is 0. The lowest BCUT2D eigenvalue weighted by molar-refractivity contribution is -0.140. The number of fused-ring (bicyclic) bond motifs is 2. The second-order valence-corrected chi connectivity index (χ2v) is 5.30. The molecular weight excluding hydrogens is 200 g/mol. The molecule has 0 spiro atoms. The van der Waals surface area contributed by atoms with Crippen LogP contribution in [0.3, 0.4) is 0 Å². The largest absolute Gasteiger partial charge is 0.462 e. The topological polar surface area (TPSA) is 26.3 Å². The van der Waals surface area contributed by atoms with Gasteiger partial charge in [-0.3, -0.25) is 0 Å². The molecule has 1 fully saturated rings. The monoisotopic (exact) mass is 220 g/mol. The van der Waals surface area contributed by atoms with E-state index in [0.29, 0.717) is 24.0 Å². The summed E-state index contributed by atoms with van der Waals surface area (Å²) in [6, 6.07) is 0. The highest BCUT2D eigenvalue weighted by molar-refractivity contribution is 5.86. The normalized spacial score (nSPS) is 32.8. The average Bonchev–Trinajstić information content (AvgIpc) is 2.86. The van der Waals surface area contributed by atoms with Crippen LogP contribution in [-0.2, 0) is 9.53 Å². The van der Waals surface area contributed by atoms with E-state index in [4.69, 9.17) is 4.74 Å². The number of rotatable bonds is 4. The van der Waals surface area contributed by atoms with Crippen molar-refractivity contribution < 1.29 is 9.53 Å². The van der Waals surface area contributed by atoms with E-state index in [1.54, 1.807) is 6.92 Å². The smallest absolute Gasteiger partial charge is 0.333 e. The van der Waals surface area contributed by atoms with Gasteiger partial charge in [0.1, 0.15) is 0 Å². The van der Waals surface area contributed by atoms with Gasteiger partial charge in [0.25, 0.3) is 0 Å². The molecule has 4 atom stereocenters. The van der Waals surface area contributed by atoms with Gasteiger partial charge in [0.15, 0.2) is 0 Å². The maximum absolute atomic E-state index is 11.3. The Balaban J connectivity index is 1.81. The minimum atomic E-state index is -0.259. The first-order valence-corrected chi connectivity index (χ1v) is 6.09. The fraction of sp³-hybridized carbons (Fsp3) is 0.643. The number of esters is 1. The summed E-state index contributed by atoms with van der Waals surface area (Å²) >= 11 is 0. The van der Waals surface area contributed by atoms with Crippen LogP contribution in [-0.4, -0.2) is 12.6 Å². The molecule has 0 radical (unpaired) electrons. The van der Waals surface area contributed by atoms with Crippen LogP contribution < -0.4 is 0 Å². The van der Waals surface area contributed by atoms with E-state index in [1.807, 2.05) is 0 Å². The van der Waals surface area contributed by atoms with Gasteiger partial charge >= 0.3 is 5.97 Å². The number of hydrogen-bond donors (Lipinski definition) is 0. The summed E-state index contributed by atoms with van der Waals surface area (Å²) in [4.78, 5) is 11.3. The highest BCUT2D eigenvalue weighted by Gasteiger charge is 2.38. The molecule has 4 unspecified atom stereocenters. The number of hydrogen-bond acceptors (Lipinski definition) is 2. The highest BCUT2D eigenvalue weighted by Crippen LogP contribution is 2.46. The maximum atomic E-state index is 11.3. The molecule has 0 aromatic carbocycles. The molecular formula is C14H20O2. The molecule has 2 heteroatoms. The Hall–Kier alpha value is -1.05. The molecule has 2 rings (SSSR count). The molecule has 0 saturated heterocycles. The summed E-state index contributed by atoms with van der Waals surface area (Å²) in [6.07, 6.45) is 7.26. The molecule has 0 heterocycles. The average molecular weight is 220 g/mol. The van der Waals surface area contributed by atoms with E-state index in [0.717, 1.165) is 11.8 Å². The molecule has 0 aliphatic heterocycles. The van der Waals surface area contributed by atoms with Gasteiger partial charge in [-0.2, -0.15) is 0 Å². The van der Waals surface area contributed by atoms with Crippen molar-refractivity contribution in [2.45, 2.75) is 26.7 Å². The van der Waals surface area contributed by atoms with Gasteiger partial charge in [0.2, 0.25) is 0 Å². The quantitative estimate of drug-likeness (QED) is 0.413. The standard InChI is InChI=1S/C14H20O2/c1-9(2)14(15)16-8-10(3)13-7-11-4-5-12(13)6-11/h4-5,10-13H,1,6-8H2,2-3H3. The van der Waals surface area contributed by atoms with Crippen LogP contribution in [0.1, 0.15) is 26.7 Å². The van der Waals surface area contributed by atoms with E-state index < -0.39 is 0 Å². The number of carbonyl (C=O) groups is 1. The van der Waals surface area contributed by atoms with Crippen molar-refractivity contribution in [2.24, 2.45) is 23.7 Å². The summed E-state index contributed by atoms with van der Waals surface area (Å²) in [5.74, 6) is 2.42. The molecule has 0 aromatic heterocycles. The van der Waals surface area contributed by atoms with Crippen molar-refractivity contribution in [2.75, 3.05) is 6.61 Å². The molecule has 2 bridgehead atoms. The number of allylic oxidation sites excluding steroid dienone is 2. The van der Waals surface area contributed by atoms with Gasteiger partial charge in [-0.25, -0.2) is 4.79 Å². The molecule has 0 amide bonds. The van der Waals surface area contributed by atoms with Gasteiger partial charge in [0, 0.05) is 5.57 Å². The molecule has 16 heavy (non-hydrogen) atoms. The zero-order valence-corrected chi connectivity index (χ0v) is 10.1. The van der Waals surface area contributed by atoms with E-state index in [9.17, 15) is 4.79 Å². The van der Waals surface area contributed by atoms with E-state index in [-0.39, 0.29) is 5.97 Å². The lowest BCUT2D eigenvalue weighted by atomic mass is 9.83. The van der Waals surface area contributed by atoms with Gasteiger partial charge in [-0.15, -0.1) is 0 Å². The van der Waals surface area contributed by atoms with Crippen LogP contribution in [0, 0.1) is 23.7 Å². The summed E-state index contributed by atoms with van der Waals surface area (Å²) in [5, 5.41) is 0. The molecule has 88 valence electrons. The van der Waals surface area contributed by atoms with Crippen molar-refractivity contribution in [3.63, 3.8) is 0 Å². The SMILES string of the molecule is C=C(C)C(=O)OCC(C)C1CC2C=CC1C2. The fourth-order valence-corrected chi connectivity index (χ4v) is 2.93. The molecule has 1 saturated carbocycles. The molecule has 2 aliphatic rings. The maximum Gasteiger partial charge on any atom is 0.333 e. The van der Waals surface area contributed by atoms with E-state index in [2.05, 4.69) is 25.7 Å². The third-order valence-corrected chi connectivity index (χ3v) is 3.89. The van der Waals surface area contributed by atoms with Crippen LogP contribution in [0.5, 0.6) is 0 Å². The summed E-state index contributed by atoms with van der Waals surface area (Å²) in [6.45, 7) is 7.99. The lowest BCUT2D eigenvalue weighted by Gasteiger charge is -2.24. The third kappa shape index (κ3) is 2.21. The van der Waals surface area contributed by atoms with Crippen molar-refractivity contribution in [3.8, 4) is 0 Å². The van der Waals surface area contributed by atoms with Gasteiger partial charge in [0.05, 0.1) is 6.61 Å². The summed E-state index contributed by atoms with van der Waals surface area (Å²) in [5.41, 5.74) is 0.486. The Morgan fingerprint density at radius 3 is 2.75 bits per heavy atom. The van der Waals surface area contributed by atoms with Gasteiger partial charge in [-0.05, 0) is 43.4 Å². The van der Waals surface area contributed by atoms with Crippen LogP contribution in [0.15, 0.2) is 24.3 Å². The van der Waals surface area contributed by atoms with E-state index >= 15 is 0 Å². The van der Waals surface area contributed by atoms with Crippen molar-refractivity contribution >= 4 is 5.97 Å². The minimum absolute atomic E-state index is 0.259. The first kappa shape index (κ1) is 11.4.